The topological polar surface area (TPSA) is 224 Å². The fourth-order valence-electron chi connectivity index (χ4n) is 2.28. The van der Waals surface area contributed by atoms with Gasteiger partial charge in [0.15, 0.2) is 0 Å². The SMILES string of the molecule is O=C(O)c1cccc(C(=O)O)c1C(=O)O.O=C(O)c1cccc(C(=O)O)c1C(=O)O.[Zn].[Zn].[Zn]. The molecule has 2 aromatic rings. The summed E-state index contributed by atoms with van der Waals surface area (Å²) < 4.78 is 0. The summed E-state index contributed by atoms with van der Waals surface area (Å²) in [5.41, 5.74) is -3.58. The third kappa shape index (κ3) is 8.88. The van der Waals surface area contributed by atoms with Gasteiger partial charge in [0, 0.05) is 58.4 Å². The van der Waals surface area contributed by atoms with Gasteiger partial charge in [0.1, 0.15) is 0 Å². The Kier molecular flexibility index (Phi) is 15.8. The molecule has 0 aromatic heterocycles. The molecule has 0 fully saturated rings. The van der Waals surface area contributed by atoms with Gasteiger partial charge in [-0.05, 0) is 24.3 Å². The van der Waals surface area contributed by atoms with E-state index in [1.165, 1.54) is 12.1 Å². The molecule has 0 heterocycles. The molecule has 0 bridgehead atoms. The number of aromatic carboxylic acids is 6. The quantitative estimate of drug-likeness (QED) is 0.254. The molecule has 0 aliphatic carbocycles. The van der Waals surface area contributed by atoms with Crippen LogP contribution in [0.1, 0.15) is 62.1 Å². The van der Waals surface area contributed by atoms with E-state index in [9.17, 15) is 28.8 Å². The summed E-state index contributed by atoms with van der Waals surface area (Å²) in [6.07, 6.45) is 0. The summed E-state index contributed by atoms with van der Waals surface area (Å²) in [5.74, 6) is -9.06. The van der Waals surface area contributed by atoms with E-state index in [2.05, 4.69) is 0 Å². The van der Waals surface area contributed by atoms with E-state index in [0.717, 1.165) is 24.3 Å². The van der Waals surface area contributed by atoms with Crippen molar-refractivity contribution in [2.75, 3.05) is 0 Å². The van der Waals surface area contributed by atoms with E-state index in [1.54, 1.807) is 0 Å². The van der Waals surface area contributed by atoms with Crippen LogP contribution in [0, 0.1) is 0 Å². The Morgan fingerprint density at radius 1 is 0.394 bits per heavy atom. The van der Waals surface area contributed by atoms with Gasteiger partial charge >= 0.3 is 35.8 Å². The maximum atomic E-state index is 10.7. The molecule has 0 aliphatic heterocycles. The summed E-state index contributed by atoms with van der Waals surface area (Å²) in [7, 11) is 0. The Balaban J connectivity index is -0.000000500. The second-order valence-electron chi connectivity index (χ2n) is 5.29. The van der Waals surface area contributed by atoms with Crippen molar-refractivity contribution in [3.63, 3.8) is 0 Å². The first-order valence-corrected chi connectivity index (χ1v) is 7.55. The summed E-state index contributed by atoms with van der Waals surface area (Å²) in [5, 5.41) is 52.1. The molecule has 2 rings (SSSR count). The first-order chi connectivity index (χ1) is 13.9. The standard InChI is InChI=1S/2C9H6O6.3Zn/c2*10-7(11)4-2-1-3-5(8(12)13)6(4)9(14)15;;;/h2*1-3H,(H,10,11)(H,12,13)(H,14,15);;;. The zero-order valence-electron chi connectivity index (χ0n) is 16.7. The number of rotatable bonds is 6. The van der Waals surface area contributed by atoms with Gasteiger partial charge < -0.3 is 30.6 Å². The monoisotopic (exact) mass is 612 g/mol. The van der Waals surface area contributed by atoms with Crippen molar-refractivity contribution < 1.29 is 118 Å². The van der Waals surface area contributed by atoms with E-state index in [0.29, 0.717) is 0 Å². The van der Waals surface area contributed by atoms with E-state index in [1.807, 2.05) is 0 Å². The van der Waals surface area contributed by atoms with Gasteiger partial charge in [0.2, 0.25) is 0 Å². The fraction of sp³-hybridized carbons (Fsp3) is 0. The molecule has 0 aliphatic rings. The van der Waals surface area contributed by atoms with Crippen molar-refractivity contribution in [1.29, 1.82) is 0 Å². The minimum absolute atomic E-state index is 0. The van der Waals surface area contributed by atoms with Gasteiger partial charge in [-0.15, -0.1) is 0 Å². The van der Waals surface area contributed by atoms with Crippen LogP contribution in [0.4, 0.5) is 0 Å². The molecule has 6 N–H and O–H groups in total. The molecular weight excluding hydrogens is 604 g/mol. The minimum atomic E-state index is -1.58. The van der Waals surface area contributed by atoms with Crippen LogP contribution in [-0.2, 0) is 58.4 Å². The van der Waals surface area contributed by atoms with Crippen LogP contribution in [0.25, 0.3) is 0 Å². The number of carbonyl (C=O) groups is 6. The van der Waals surface area contributed by atoms with Crippen molar-refractivity contribution >= 4 is 35.8 Å². The molecule has 0 radical (unpaired) electrons. The zero-order chi connectivity index (χ0) is 23.2. The van der Waals surface area contributed by atoms with Gasteiger partial charge in [-0.1, -0.05) is 12.1 Å². The number of hydrogen-bond acceptors (Lipinski definition) is 6. The normalized spacial score (nSPS) is 8.73. The van der Waals surface area contributed by atoms with Crippen molar-refractivity contribution in [3.05, 3.63) is 69.8 Å². The molecule has 0 unspecified atom stereocenters. The van der Waals surface area contributed by atoms with E-state index < -0.39 is 69.2 Å². The van der Waals surface area contributed by atoms with Crippen molar-refractivity contribution in [1.82, 2.24) is 0 Å². The van der Waals surface area contributed by atoms with Gasteiger partial charge in [0.25, 0.3) is 0 Å². The Morgan fingerprint density at radius 2 is 0.576 bits per heavy atom. The first kappa shape index (κ1) is 34.7. The maximum Gasteiger partial charge on any atom is 0.337 e. The van der Waals surface area contributed by atoms with Gasteiger partial charge in [-0.3, -0.25) is 0 Å². The van der Waals surface area contributed by atoms with Crippen LogP contribution in [-0.4, -0.2) is 66.5 Å². The van der Waals surface area contributed by atoms with Crippen LogP contribution in [0.3, 0.4) is 0 Å². The van der Waals surface area contributed by atoms with E-state index >= 15 is 0 Å². The second kappa shape index (κ2) is 15.1. The first-order valence-electron chi connectivity index (χ1n) is 7.55. The molecule has 0 saturated carbocycles. The summed E-state index contributed by atoms with van der Waals surface area (Å²) >= 11 is 0. The maximum absolute atomic E-state index is 10.7. The van der Waals surface area contributed by atoms with Gasteiger partial charge in [0.05, 0.1) is 33.4 Å². The molecule has 0 atom stereocenters. The summed E-state index contributed by atoms with van der Waals surface area (Å²) in [4.78, 5) is 64.0. The molecule has 0 amide bonds. The molecule has 0 saturated heterocycles. The summed E-state index contributed by atoms with van der Waals surface area (Å²) in [6, 6.07) is 6.52. The van der Waals surface area contributed by atoms with Crippen molar-refractivity contribution in [3.8, 4) is 0 Å². The van der Waals surface area contributed by atoms with Gasteiger partial charge in [-0.25, -0.2) is 28.8 Å². The largest absolute Gasteiger partial charge is 0.478 e. The predicted octanol–water partition coefficient (Wildman–Crippen LogP) is 1.55. The van der Waals surface area contributed by atoms with Crippen LogP contribution >= 0.6 is 0 Å². The number of carboxylic acid groups (broad SMARTS) is 6. The third-order valence-electron chi connectivity index (χ3n) is 3.48. The van der Waals surface area contributed by atoms with Crippen molar-refractivity contribution in [2.24, 2.45) is 0 Å². The molecule has 15 heteroatoms. The van der Waals surface area contributed by atoms with Gasteiger partial charge in [-0.2, -0.15) is 0 Å². The average Bonchev–Trinajstić information content (AvgIpc) is 2.66. The van der Waals surface area contributed by atoms with Crippen LogP contribution in [0.2, 0.25) is 0 Å². The zero-order valence-corrected chi connectivity index (χ0v) is 25.6. The Morgan fingerprint density at radius 3 is 0.697 bits per heavy atom. The number of hydrogen-bond donors (Lipinski definition) is 6. The molecule has 33 heavy (non-hydrogen) atoms. The molecule has 0 spiro atoms. The molecule has 2 aromatic carbocycles. The van der Waals surface area contributed by atoms with E-state index in [4.69, 9.17) is 30.6 Å². The van der Waals surface area contributed by atoms with Crippen LogP contribution in [0.15, 0.2) is 36.4 Å². The average molecular weight is 616 g/mol. The molecular formula is C18H12O12Zn3. The van der Waals surface area contributed by atoms with Crippen LogP contribution < -0.4 is 0 Å². The van der Waals surface area contributed by atoms with Crippen LogP contribution in [0.5, 0.6) is 0 Å². The molecule has 162 valence electrons. The second-order valence-corrected chi connectivity index (χ2v) is 5.29. The minimum Gasteiger partial charge on any atom is -0.478 e. The number of carboxylic acids is 6. The predicted molar refractivity (Wildman–Crippen MR) is 94.6 cm³/mol. The smallest absolute Gasteiger partial charge is 0.337 e. The Labute approximate surface area is 222 Å². The third-order valence-corrected chi connectivity index (χ3v) is 3.48. The summed E-state index contributed by atoms with van der Waals surface area (Å²) in [6.45, 7) is 0. The van der Waals surface area contributed by atoms with Crippen molar-refractivity contribution in [2.45, 2.75) is 0 Å². The number of benzene rings is 2. The van der Waals surface area contributed by atoms with E-state index in [-0.39, 0.29) is 58.4 Å². The molecule has 12 nitrogen and oxygen atoms in total. The Hall–Kier alpha value is -2.87. The Bertz CT molecular complexity index is 931. The fourth-order valence-corrected chi connectivity index (χ4v) is 2.28.